The Bertz CT molecular complexity index is 429. The van der Waals surface area contributed by atoms with E-state index in [4.69, 9.17) is 0 Å². The molecule has 0 saturated heterocycles. The molecule has 0 radical (unpaired) electrons. The van der Waals surface area contributed by atoms with Gasteiger partial charge in [0.15, 0.2) is 0 Å². The number of aromatic nitrogens is 2. The summed E-state index contributed by atoms with van der Waals surface area (Å²) in [6.45, 7) is 0. The Morgan fingerprint density at radius 1 is 1.31 bits per heavy atom. The SMILES string of the molecule is CN(C)c1cccc2cnn(C)c12. The number of anilines is 1. The van der Waals surface area contributed by atoms with Crippen molar-refractivity contribution < 1.29 is 0 Å². The molecule has 0 fully saturated rings. The van der Waals surface area contributed by atoms with Crippen LogP contribution in [0.3, 0.4) is 0 Å². The number of rotatable bonds is 1. The van der Waals surface area contributed by atoms with Crippen LogP contribution in [0.1, 0.15) is 0 Å². The molecule has 0 atom stereocenters. The maximum atomic E-state index is 4.23. The Morgan fingerprint density at radius 2 is 2.08 bits per heavy atom. The summed E-state index contributed by atoms with van der Waals surface area (Å²) >= 11 is 0. The Kier molecular flexibility index (Phi) is 1.72. The molecule has 0 saturated carbocycles. The van der Waals surface area contributed by atoms with Crippen LogP contribution >= 0.6 is 0 Å². The number of aryl methyl sites for hydroxylation is 1. The number of hydrogen-bond acceptors (Lipinski definition) is 2. The van der Waals surface area contributed by atoms with Gasteiger partial charge in [0.1, 0.15) is 0 Å². The molecule has 0 aliphatic rings. The highest BCUT2D eigenvalue weighted by Crippen LogP contribution is 2.23. The lowest BCUT2D eigenvalue weighted by Crippen LogP contribution is -2.10. The van der Waals surface area contributed by atoms with Crippen LogP contribution in [0, 0.1) is 0 Å². The molecule has 0 N–H and O–H groups in total. The van der Waals surface area contributed by atoms with Crippen molar-refractivity contribution in [1.82, 2.24) is 9.78 Å². The van der Waals surface area contributed by atoms with Crippen molar-refractivity contribution >= 4 is 16.6 Å². The lowest BCUT2D eigenvalue weighted by atomic mass is 10.2. The van der Waals surface area contributed by atoms with E-state index in [1.807, 2.05) is 32.0 Å². The van der Waals surface area contributed by atoms with E-state index in [9.17, 15) is 0 Å². The molecule has 1 aromatic carbocycles. The molecule has 68 valence electrons. The minimum Gasteiger partial charge on any atom is -0.376 e. The van der Waals surface area contributed by atoms with Gasteiger partial charge in [0, 0.05) is 26.5 Å². The molecule has 0 spiro atoms. The maximum absolute atomic E-state index is 4.23. The molecule has 0 amide bonds. The molecule has 1 heterocycles. The first-order chi connectivity index (χ1) is 6.20. The minimum atomic E-state index is 1.19. The van der Waals surface area contributed by atoms with Crippen LogP contribution in [0.4, 0.5) is 5.69 Å². The molecule has 0 aliphatic carbocycles. The standard InChI is InChI=1S/C10H13N3/c1-12(2)9-6-4-5-8-7-11-13(3)10(8)9/h4-7H,1-3H3. The molecule has 1 aromatic heterocycles. The summed E-state index contributed by atoms with van der Waals surface area (Å²) in [4.78, 5) is 2.10. The van der Waals surface area contributed by atoms with Crippen molar-refractivity contribution in [2.75, 3.05) is 19.0 Å². The highest BCUT2D eigenvalue weighted by Gasteiger charge is 2.05. The second-order valence-corrected chi connectivity index (χ2v) is 3.38. The second kappa shape index (κ2) is 2.76. The van der Waals surface area contributed by atoms with E-state index in [-0.39, 0.29) is 0 Å². The molecular formula is C10H13N3. The van der Waals surface area contributed by atoms with Gasteiger partial charge in [0.25, 0.3) is 0 Å². The third kappa shape index (κ3) is 1.16. The fourth-order valence-corrected chi connectivity index (χ4v) is 1.57. The summed E-state index contributed by atoms with van der Waals surface area (Å²) in [5, 5.41) is 5.42. The van der Waals surface area contributed by atoms with Gasteiger partial charge in [-0.05, 0) is 6.07 Å². The number of hydrogen-bond donors (Lipinski definition) is 0. The smallest absolute Gasteiger partial charge is 0.0912 e. The average Bonchev–Trinajstić information content (AvgIpc) is 2.48. The Labute approximate surface area is 77.6 Å². The normalized spacial score (nSPS) is 10.7. The fraction of sp³-hybridized carbons (Fsp3) is 0.300. The average molecular weight is 175 g/mol. The Balaban J connectivity index is 2.80. The van der Waals surface area contributed by atoms with Crippen LogP contribution in [0.25, 0.3) is 10.9 Å². The molecule has 3 nitrogen and oxygen atoms in total. The first kappa shape index (κ1) is 8.10. The van der Waals surface area contributed by atoms with E-state index in [1.54, 1.807) is 0 Å². The van der Waals surface area contributed by atoms with Crippen molar-refractivity contribution in [3.05, 3.63) is 24.4 Å². The predicted octanol–water partition coefficient (Wildman–Crippen LogP) is 1.64. The molecule has 0 bridgehead atoms. The van der Waals surface area contributed by atoms with Crippen molar-refractivity contribution in [3.8, 4) is 0 Å². The van der Waals surface area contributed by atoms with Crippen molar-refractivity contribution in [2.24, 2.45) is 7.05 Å². The summed E-state index contributed by atoms with van der Waals surface area (Å²) in [5.74, 6) is 0. The van der Waals surface area contributed by atoms with E-state index in [0.717, 1.165) is 0 Å². The lowest BCUT2D eigenvalue weighted by Gasteiger charge is -2.13. The van der Waals surface area contributed by atoms with Crippen LogP contribution in [-0.4, -0.2) is 23.9 Å². The van der Waals surface area contributed by atoms with Crippen molar-refractivity contribution in [3.63, 3.8) is 0 Å². The van der Waals surface area contributed by atoms with E-state index >= 15 is 0 Å². The van der Waals surface area contributed by atoms with Crippen molar-refractivity contribution in [1.29, 1.82) is 0 Å². The van der Waals surface area contributed by atoms with Gasteiger partial charge in [-0.25, -0.2) is 0 Å². The van der Waals surface area contributed by atoms with E-state index < -0.39 is 0 Å². The summed E-state index contributed by atoms with van der Waals surface area (Å²) in [5.41, 5.74) is 2.39. The van der Waals surface area contributed by atoms with Crippen LogP contribution in [0.15, 0.2) is 24.4 Å². The van der Waals surface area contributed by atoms with Gasteiger partial charge in [-0.1, -0.05) is 12.1 Å². The summed E-state index contributed by atoms with van der Waals surface area (Å²) in [6, 6.07) is 6.23. The van der Waals surface area contributed by atoms with E-state index in [2.05, 4.69) is 28.2 Å². The van der Waals surface area contributed by atoms with Gasteiger partial charge < -0.3 is 4.90 Å². The fourth-order valence-electron chi connectivity index (χ4n) is 1.57. The molecular weight excluding hydrogens is 162 g/mol. The van der Waals surface area contributed by atoms with Crippen LogP contribution < -0.4 is 4.90 Å². The van der Waals surface area contributed by atoms with E-state index in [1.165, 1.54) is 16.6 Å². The predicted molar refractivity (Wildman–Crippen MR) is 55.0 cm³/mol. The molecule has 0 unspecified atom stereocenters. The highest BCUT2D eigenvalue weighted by atomic mass is 15.3. The van der Waals surface area contributed by atoms with Crippen LogP contribution in [-0.2, 0) is 7.05 Å². The zero-order chi connectivity index (χ0) is 9.42. The van der Waals surface area contributed by atoms with Gasteiger partial charge in [-0.3, -0.25) is 4.68 Å². The van der Waals surface area contributed by atoms with Gasteiger partial charge in [0.05, 0.1) is 17.4 Å². The first-order valence-corrected chi connectivity index (χ1v) is 4.28. The second-order valence-electron chi connectivity index (χ2n) is 3.38. The monoisotopic (exact) mass is 175 g/mol. The number of nitrogens with zero attached hydrogens (tertiary/aromatic N) is 3. The Hall–Kier alpha value is -1.51. The zero-order valence-corrected chi connectivity index (χ0v) is 8.15. The molecule has 13 heavy (non-hydrogen) atoms. The van der Waals surface area contributed by atoms with Crippen LogP contribution in [0.2, 0.25) is 0 Å². The number of fused-ring (bicyclic) bond motifs is 1. The van der Waals surface area contributed by atoms with E-state index in [0.29, 0.717) is 0 Å². The molecule has 2 aromatic rings. The minimum absolute atomic E-state index is 1.19. The third-order valence-electron chi connectivity index (χ3n) is 2.22. The van der Waals surface area contributed by atoms with Gasteiger partial charge >= 0.3 is 0 Å². The highest BCUT2D eigenvalue weighted by molar-refractivity contribution is 5.90. The van der Waals surface area contributed by atoms with Crippen LogP contribution in [0.5, 0.6) is 0 Å². The quantitative estimate of drug-likeness (QED) is 0.657. The number of para-hydroxylation sites is 1. The Morgan fingerprint density at radius 3 is 2.77 bits per heavy atom. The molecule has 2 rings (SSSR count). The first-order valence-electron chi connectivity index (χ1n) is 4.28. The largest absolute Gasteiger partial charge is 0.376 e. The lowest BCUT2D eigenvalue weighted by molar-refractivity contribution is 0.795. The van der Waals surface area contributed by atoms with Gasteiger partial charge in [-0.2, -0.15) is 5.10 Å². The van der Waals surface area contributed by atoms with Gasteiger partial charge in [-0.15, -0.1) is 0 Å². The molecule has 0 aliphatic heterocycles. The maximum Gasteiger partial charge on any atom is 0.0912 e. The van der Waals surface area contributed by atoms with Gasteiger partial charge in [0.2, 0.25) is 0 Å². The number of benzene rings is 1. The summed E-state index contributed by atoms with van der Waals surface area (Å²) in [7, 11) is 6.05. The molecule has 3 heteroatoms. The third-order valence-corrected chi connectivity index (χ3v) is 2.22. The zero-order valence-electron chi connectivity index (χ0n) is 8.15. The summed E-state index contributed by atoms with van der Waals surface area (Å²) in [6.07, 6.45) is 1.89. The summed E-state index contributed by atoms with van der Waals surface area (Å²) < 4.78 is 1.91. The van der Waals surface area contributed by atoms with Crippen molar-refractivity contribution in [2.45, 2.75) is 0 Å². The topological polar surface area (TPSA) is 21.1 Å².